The lowest BCUT2D eigenvalue weighted by molar-refractivity contribution is -0.131. The van der Waals surface area contributed by atoms with E-state index >= 15 is 0 Å². The number of amides is 1. The smallest absolute Gasteiger partial charge is 0.243 e. The lowest BCUT2D eigenvalue weighted by atomic mass is 10.1. The van der Waals surface area contributed by atoms with Gasteiger partial charge >= 0.3 is 0 Å². The van der Waals surface area contributed by atoms with Gasteiger partial charge in [0.15, 0.2) is 0 Å². The van der Waals surface area contributed by atoms with Crippen LogP contribution in [0.2, 0.25) is 0 Å². The quantitative estimate of drug-likeness (QED) is 0.850. The second-order valence-electron chi connectivity index (χ2n) is 5.64. The number of nitrogens with one attached hydrogen (secondary N) is 1. The molecule has 1 aliphatic heterocycles. The maximum atomic E-state index is 13.6. The molecule has 7 nitrogen and oxygen atoms in total. The topological polar surface area (TPSA) is 92.3 Å². The number of rotatable bonds is 5. The van der Waals surface area contributed by atoms with Crippen molar-refractivity contribution >= 4 is 15.9 Å². The maximum absolute atomic E-state index is 13.6. The lowest BCUT2D eigenvalue weighted by Gasteiger charge is -2.27. The molecule has 0 aliphatic carbocycles. The Morgan fingerprint density at radius 1 is 1.32 bits per heavy atom. The summed E-state index contributed by atoms with van der Waals surface area (Å²) in [6, 6.07) is 5.11. The molecule has 1 amide bonds. The number of carbonyl (C=O) groups excluding carboxylic acids is 1. The highest BCUT2D eigenvalue weighted by Crippen LogP contribution is 2.16. The minimum atomic E-state index is -3.98. The first-order chi connectivity index (χ1) is 12.0. The molecule has 2 heterocycles. The summed E-state index contributed by atoms with van der Waals surface area (Å²) in [6.07, 6.45) is 3.80. The summed E-state index contributed by atoms with van der Waals surface area (Å²) >= 11 is 0. The number of fused-ring (bicyclic) bond motifs is 1. The van der Waals surface area contributed by atoms with E-state index in [2.05, 4.69) is 14.7 Å². The molecule has 0 saturated carbocycles. The maximum Gasteiger partial charge on any atom is 0.243 e. The van der Waals surface area contributed by atoms with Gasteiger partial charge in [-0.15, -0.1) is 0 Å². The van der Waals surface area contributed by atoms with Crippen molar-refractivity contribution in [3.8, 4) is 0 Å². The molecular weight excluding hydrogens is 347 g/mol. The van der Waals surface area contributed by atoms with E-state index in [-0.39, 0.29) is 18.9 Å². The van der Waals surface area contributed by atoms with Crippen molar-refractivity contribution in [1.29, 1.82) is 0 Å². The molecule has 1 aromatic heterocycles. The Balaban J connectivity index is 1.56. The Hall–Kier alpha value is -2.39. The first-order valence-corrected chi connectivity index (χ1v) is 9.25. The predicted molar refractivity (Wildman–Crippen MR) is 87.4 cm³/mol. The van der Waals surface area contributed by atoms with E-state index in [1.54, 1.807) is 11.1 Å². The van der Waals surface area contributed by atoms with Crippen LogP contribution in [0.1, 0.15) is 17.7 Å². The molecule has 25 heavy (non-hydrogen) atoms. The van der Waals surface area contributed by atoms with Gasteiger partial charge in [0.1, 0.15) is 17.0 Å². The van der Waals surface area contributed by atoms with Crippen LogP contribution in [-0.4, -0.2) is 42.3 Å². The first-order valence-electron chi connectivity index (χ1n) is 7.77. The number of carbonyl (C=O) groups is 1. The van der Waals surface area contributed by atoms with Gasteiger partial charge in [-0.1, -0.05) is 12.1 Å². The van der Waals surface area contributed by atoms with Crippen LogP contribution in [-0.2, 0) is 27.8 Å². The molecule has 0 saturated heterocycles. The van der Waals surface area contributed by atoms with Crippen molar-refractivity contribution in [2.75, 3.05) is 13.1 Å². The fourth-order valence-corrected chi connectivity index (χ4v) is 3.78. The number of sulfonamides is 1. The lowest BCUT2D eigenvalue weighted by Crippen LogP contribution is -2.38. The SMILES string of the molecule is O=C(CCNS(=O)(=O)c1ccccc1F)N1CCc2ncncc2C1. The molecule has 3 rings (SSSR count). The number of nitrogens with zero attached hydrogens (tertiary/aromatic N) is 3. The number of aromatic nitrogens is 2. The van der Waals surface area contributed by atoms with E-state index in [1.807, 2.05) is 0 Å². The fourth-order valence-electron chi connectivity index (χ4n) is 2.67. The monoisotopic (exact) mass is 364 g/mol. The molecule has 1 aliphatic rings. The van der Waals surface area contributed by atoms with Gasteiger partial charge in [-0.3, -0.25) is 4.79 Å². The Kier molecular flexibility index (Phi) is 5.05. The van der Waals surface area contributed by atoms with Crippen LogP contribution < -0.4 is 4.72 Å². The summed E-state index contributed by atoms with van der Waals surface area (Å²) in [5.41, 5.74) is 1.83. The summed E-state index contributed by atoms with van der Waals surface area (Å²) < 4.78 is 40.0. The minimum absolute atomic E-state index is 0.00327. The van der Waals surface area contributed by atoms with Gasteiger partial charge in [0, 0.05) is 44.2 Å². The molecule has 0 radical (unpaired) electrons. The summed E-state index contributed by atoms with van der Waals surface area (Å²) in [5.74, 6) is -1.00. The summed E-state index contributed by atoms with van der Waals surface area (Å²) in [6.45, 7) is 0.849. The molecule has 1 N–H and O–H groups in total. The summed E-state index contributed by atoms with van der Waals surface area (Å²) in [4.78, 5) is 21.6. The zero-order chi connectivity index (χ0) is 17.9. The van der Waals surface area contributed by atoms with Crippen molar-refractivity contribution in [3.63, 3.8) is 0 Å². The zero-order valence-corrected chi connectivity index (χ0v) is 14.2. The molecular formula is C16H17FN4O3S. The molecule has 9 heteroatoms. The molecule has 132 valence electrons. The van der Waals surface area contributed by atoms with Gasteiger partial charge in [0.25, 0.3) is 0 Å². The highest BCUT2D eigenvalue weighted by Gasteiger charge is 2.23. The van der Waals surface area contributed by atoms with E-state index in [0.29, 0.717) is 19.5 Å². The van der Waals surface area contributed by atoms with Gasteiger partial charge in [-0.05, 0) is 12.1 Å². The molecule has 0 unspecified atom stereocenters. The van der Waals surface area contributed by atoms with Gasteiger partial charge in [0.05, 0.1) is 5.69 Å². The number of benzene rings is 1. The third-order valence-electron chi connectivity index (χ3n) is 3.97. The third kappa shape index (κ3) is 3.99. The summed E-state index contributed by atoms with van der Waals surface area (Å²) in [5, 5.41) is 0. The van der Waals surface area contributed by atoms with Crippen molar-refractivity contribution < 1.29 is 17.6 Å². The zero-order valence-electron chi connectivity index (χ0n) is 13.4. The second-order valence-corrected chi connectivity index (χ2v) is 7.37. The predicted octanol–water partition coefficient (Wildman–Crippen LogP) is 0.869. The van der Waals surface area contributed by atoms with Gasteiger partial charge < -0.3 is 4.90 Å². The largest absolute Gasteiger partial charge is 0.338 e. The van der Waals surface area contributed by atoms with Crippen molar-refractivity contribution in [1.82, 2.24) is 19.6 Å². The molecule has 0 fully saturated rings. The average molecular weight is 364 g/mol. The number of halogens is 1. The number of hydrogen-bond donors (Lipinski definition) is 1. The third-order valence-corrected chi connectivity index (χ3v) is 5.47. The van der Waals surface area contributed by atoms with Crippen LogP contribution in [0.5, 0.6) is 0 Å². The normalized spacial score (nSPS) is 14.2. The Labute approximate surface area is 145 Å². The molecule has 0 spiro atoms. The van der Waals surface area contributed by atoms with E-state index in [1.165, 1.54) is 24.5 Å². The van der Waals surface area contributed by atoms with Crippen molar-refractivity contribution in [3.05, 3.63) is 53.9 Å². The molecule has 0 atom stereocenters. The van der Waals surface area contributed by atoms with Gasteiger partial charge in [-0.25, -0.2) is 27.5 Å². The van der Waals surface area contributed by atoms with Crippen molar-refractivity contribution in [2.45, 2.75) is 24.3 Å². The van der Waals surface area contributed by atoms with Crippen LogP contribution in [0, 0.1) is 5.82 Å². The summed E-state index contributed by atoms with van der Waals surface area (Å²) in [7, 11) is -3.98. The van der Waals surface area contributed by atoms with E-state index in [0.717, 1.165) is 17.3 Å². The Morgan fingerprint density at radius 2 is 2.12 bits per heavy atom. The minimum Gasteiger partial charge on any atom is -0.338 e. The van der Waals surface area contributed by atoms with Crippen LogP contribution in [0.4, 0.5) is 4.39 Å². The second kappa shape index (κ2) is 7.24. The molecule has 1 aromatic carbocycles. The molecule has 2 aromatic rings. The van der Waals surface area contributed by atoms with E-state index in [9.17, 15) is 17.6 Å². The number of hydrogen-bond acceptors (Lipinski definition) is 5. The van der Waals surface area contributed by atoms with Crippen LogP contribution in [0.15, 0.2) is 41.7 Å². The van der Waals surface area contributed by atoms with E-state index < -0.39 is 20.7 Å². The van der Waals surface area contributed by atoms with Gasteiger partial charge in [-0.2, -0.15) is 0 Å². The van der Waals surface area contributed by atoms with Gasteiger partial charge in [0.2, 0.25) is 15.9 Å². The van der Waals surface area contributed by atoms with Crippen LogP contribution in [0.3, 0.4) is 0 Å². The highest BCUT2D eigenvalue weighted by atomic mass is 32.2. The average Bonchev–Trinajstić information content (AvgIpc) is 2.61. The Bertz CT molecular complexity index is 888. The van der Waals surface area contributed by atoms with Crippen LogP contribution in [0.25, 0.3) is 0 Å². The molecule has 0 bridgehead atoms. The highest BCUT2D eigenvalue weighted by molar-refractivity contribution is 7.89. The van der Waals surface area contributed by atoms with Crippen molar-refractivity contribution in [2.24, 2.45) is 0 Å². The Morgan fingerprint density at radius 3 is 2.92 bits per heavy atom. The first kappa shape index (κ1) is 17.4. The standard InChI is InChI=1S/C16H17FN4O3S/c17-13-3-1-2-4-15(13)25(23,24)20-7-5-16(22)21-8-6-14-12(10-21)9-18-11-19-14/h1-4,9,11,20H,5-8,10H2. The van der Waals surface area contributed by atoms with Crippen LogP contribution >= 0.6 is 0 Å². The van der Waals surface area contributed by atoms with E-state index in [4.69, 9.17) is 0 Å². The fraction of sp³-hybridized carbons (Fsp3) is 0.312.